The maximum absolute atomic E-state index is 5.78. The molecule has 0 aliphatic carbocycles. The van der Waals surface area contributed by atoms with Crippen molar-refractivity contribution in [3.63, 3.8) is 0 Å². The highest BCUT2D eigenvalue weighted by atomic mass is 16.3. The number of fused-ring (bicyclic) bond motifs is 1. The lowest BCUT2D eigenvalue weighted by Gasteiger charge is -2.02. The molecule has 21 heavy (non-hydrogen) atoms. The fourth-order valence-electron chi connectivity index (χ4n) is 2.26. The highest BCUT2D eigenvalue weighted by Gasteiger charge is 2.04. The Labute approximate surface area is 124 Å². The van der Waals surface area contributed by atoms with Gasteiger partial charge in [-0.3, -0.25) is 0 Å². The molecule has 0 saturated carbocycles. The van der Waals surface area contributed by atoms with Crippen molar-refractivity contribution in [2.75, 3.05) is 5.73 Å². The van der Waals surface area contributed by atoms with Gasteiger partial charge in [0, 0.05) is 11.1 Å². The summed E-state index contributed by atoms with van der Waals surface area (Å²) in [4.78, 5) is 0. The molecule has 0 unspecified atom stereocenters. The molecule has 0 fully saturated rings. The number of hydrogen-bond donors (Lipinski definition) is 1. The Balaban J connectivity index is 1.98. The van der Waals surface area contributed by atoms with Gasteiger partial charge < -0.3 is 10.2 Å². The third-order valence-electron chi connectivity index (χ3n) is 3.34. The highest BCUT2D eigenvalue weighted by Crippen LogP contribution is 2.27. The van der Waals surface area contributed by atoms with E-state index < -0.39 is 0 Å². The minimum atomic E-state index is 0.777. The van der Waals surface area contributed by atoms with E-state index in [-0.39, 0.29) is 0 Å². The van der Waals surface area contributed by atoms with Crippen LogP contribution in [-0.4, -0.2) is 0 Å². The smallest absolute Gasteiger partial charge is 0.134 e. The summed E-state index contributed by atoms with van der Waals surface area (Å²) in [5.74, 6) is 0.859. The van der Waals surface area contributed by atoms with Gasteiger partial charge in [-0.1, -0.05) is 36.4 Å². The monoisotopic (exact) mass is 275 g/mol. The SMILES string of the molecule is C/C=C\C=C/c1cc2cc(-c3ccc(N)cc3)ccc2o1. The zero-order valence-corrected chi connectivity index (χ0v) is 11.9. The number of rotatable bonds is 3. The molecule has 3 rings (SSSR count). The first-order valence-corrected chi connectivity index (χ1v) is 6.95. The van der Waals surface area contributed by atoms with E-state index in [9.17, 15) is 0 Å². The Kier molecular flexibility index (Phi) is 3.61. The van der Waals surface area contributed by atoms with Gasteiger partial charge in [0.25, 0.3) is 0 Å². The zero-order chi connectivity index (χ0) is 14.7. The van der Waals surface area contributed by atoms with E-state index in [2.05, 4.69) is 18.2 Å². The van der Waals surface area contributed by atoms with Crippen molar-refractivity contribution >= 4 is 22.7 Å². The Morgan fingerprint density at radius 1 is 0.905 bits per heavy atom. The van der Waals surface area contributed by atoms with Crippen LogP contribution in [0.3, 0.4) is 0 Å². The summed E-state index contributed by atoms with van der Waals surface area (Å²) >= 11 is 0. The van der Waals surface area contributed by atoms with Gasteiger partial charge in [-0.25, -0.2) is 0 Å². The minimum Gasteiger partial charge on any atom is -0.457 e. The van der Waals surface area contributed by atoms with E-state index in [1.807, 2.05) is 61.6 Å². The molecule has 2 heteroatoms. The van der Waals surface area contributed by atoms with Crippen LogP contribution < -0.4 is 5.73 Å². The van der Waals surface area contributed by atoms with Crippen molar-refractivity contribution in [1.29, 1.82) is 0 Å². The molecule has 0 saturated heterocycles. The van der Waals surface area contributed by atoms with E-state index in [1.165, 1.54) is 0 Å². The lowest BCUT2D eigenvalue weighted by Crippen LogP contribution is -1.83. The van der Waals surface area contributed by atoms with Gasteiger partial charge in [0.05, 0.1) is 0 Å². The van der Waals surface area contributed by atoms with E-state index >= 15 is 0 Å². The van der Waals surface area contributed by atoms with Crippen LogP contribution in [0.1, 0.15) is 12.7 Å². The molecule has 0 aliphatic heterocycles. The predicted molar refractivity (Wildman–Crippen MR) is 89.9 cm³/mol. The Hall–Kier alpha value is -2.74. The summed E-state index contributed by atoms with van der Waals surface area (Å²) in [7, 11) is 0. The van der Waals surface area contributed by atoms with Crippen molar-refractivity contribution in [3.05, 3.63) is 72.5 Å². The van der Waals surface area contributed by atoms with Crippen molar-refractivity contribution in [1.82, 2.24) is 0 Å². The number of nitrogen functional groups attached to an aromatic ring is 1. The summed E-state index contributed by atoms with van der Waals surface area (Å²) in [6.07, 6.45) is 7.90. The molecule has 0 aliphatic rings. The molecule has 1 aromatic heterocycles. The fourth-order valence-corrected chi connectivity index (χ4v) is 2.26. The van der Waals surface area contributed by atoms with Gasteiger partial charge in [-0.05, 0) is 54.5 Å². The first kappa shape index (κ1) is 13.3. The third kappa shape index (κ3) is 2.90. The molecule has 104 valence electrons. The normalized spacial score (nSPS) is 11.9. The number of furan rings is 1. The second-order valence-electron chi connectivity index (χ2n) is 4.91. The van der Waals surface area contributed by atoms with Crippen LogP contribution in [-0.2, 0) is 0 Å². The van der Waals surface area contributed by atoms with Gasteiger partial charge in [-0.2, -0.15) is 0 Å². The summed E-state index contributed by atoms with van der Waals surface area (Å²) < 4.78 is 5.78. The van der Waals surface area contributed by atoms with Gasteiger partial charge in [0.2, 0.25) is 0 Å². The largest absolute Gasteiger partial charge is 0.457 e. The fraction of sp³-hybridized carbons (Fsp3) is 0.0526. The maximum atomic E-state index is 5.78. The van der Waals surface area contributed by atoms with E-state index in [1.54, 1.807) is 0 Å². The number of allylic oxidation sites excluding steroid dienone is 3. The molecule has 0 atom stereocenters. The van der Waals surface area contributed by atoms with Gasteiger partial charge in [0.15, 0.2) is 0 Å². The first-order valence-electron chi connectivity index (χ1n) is 6.95. The summed E-state index contributed by atoms with van der Waals surface area (Å²) in [5, 5.41) is 1.10. The van der Waals surface area contributed by atoms with Crippen LogP contribution in [0.5, 0.6) is 0 Å². The Morgan fingerprint density at radius 2 is 1.67 bits per heavy atom. The van der Waals surface area contributed by atoms with Gasteiger partial charge in [0.1, 0.15) is 11.3 Å². The maximum Gasteiger partial charge on any atom is 0.134 e. The zero-order valence-electron chi connectivity index (χ0n) is 11.9. The van der Waals surface area contributed by atoms with E-state index in [4.69, 9.17) is 10.2 Å². The lowest BCUT2D eigenvalue weighted by atomic mass is 10.0. The molecule has 0 amide bonds. The van der Waals surface area contributed by atoms with Crippen molar-refractivity contribution in [2.24, 2.45) is 0 Å². The number of anilines is 1. The summed E-state index contributed by atoms with van der Waals surface area (Å²) in [5.41, 5.74) is 9.71. The van der Waals surface area contributed by atoms with E-state index in [0.717, 1.165) is 33.5 Å². The number of benzene rings is 2. The number of nitrogens with two attached hydrogens (primary N) is 1. The molecular weight excluding hydrogens is 258 g/mol. The molecule has 2 N–H and O–H groups in total. The van der Waals surface area contributed by atoms with Crippen LogP contribution in [0.25, 0.3) is 28.2 Å². The second-order valence-corrected chi connectivity index (χ2v) is 4.91. The summed E-state index contributed by atoms with van der Waals surface area (Å²) in [6.45, 7) is 1.99. The van der Waals surface area contributed by atoms with Crippen LogP contribution in [0.15, 0.2) is 71.2 Å². The molecule has 2 aromatic carbocycles. The standard InChI is InChI=1S/C19H17NO/c1-2-3-4-5-18-13-16-12-15(8-11-19(16)21-18)14-6-9-17(20)10-7-14/h2-13H,20H2,1H3/b3-2-,5-4-. The molecule has 1 heterocycles. The van der Waals surface area contributed by atoms with Crippen LogP contribution in [0.2, 0.25) is 0 Å². The average Bonchev–Trinajstić information content (AvgIpc) is 2.90. The first-order chi connectivity index (χ1) is 10.3. The van der Waals surface area contributed by atoms with Crippen molar-refractivity contribution in [2.45, 2.75) is 6.92 Å². The quantitative estimate of drug-likeness (QED) is 0.522. The summed E-state index contributed by atoms with van der Waals surface area (Å²) in [6, 6.07) is 16.2. The molecule has 0 spiro atoms. The Morgan fingerprint density at radius 3 is 2.43 bits per heavy atom. The predicted octanol–water partition coefficient (Wildman–Crippen LogP) is 5.27. The topological polar surface area (TPSA) is 39.2 Å². The van der Waals surface area contributed by atoms with E-state index in [0.29, 0.717) is 0 Å². The highest BCUT2D eigenvalue weighted by molar-refractivity contribution is 5.85. The van der Waals surface area contributed by atoms with Gasteiger partial charge in [-0.15, -0.1) is 0 Å². The van der Waals surface area contributed by atoms with Gasteiger partial charge >= 0.3 is 0 Å². The molecule has 2 nitrogen and oxygen atoms in total. The van der Waals surface area contributed by atoms with Crippen molar-refractivity contribution < 1.29 is 4.42 Å². The Bertz CT molecular complexity index is 807. The minimum absolute atomic E-state index is 0.777. The average molecular weight is 275 g/mol. The molecule has 0 bridgehead atoms. The van der Waals surface area contributed by atoms with Crippen LogP contribution >= 0.6 is 0 Å². The molecule has 3 aromatic rings. The molecular formula is C19H17NO. The number of hydrogen-bond acceptors (Lipinski definition) is 2. The third-order valence-corrected chi connectivity index (χ3v) is 3.34. The second kappa shape index (κ2) is 5.71. The molecule has 0 radical (unpaired) electrons. The van der Waals surface area contributed by atoms with Crippen molar-refractivity contribution in [3.8, 4) is 11.1 Å². The van der Waals surface area contributed by atoms with Crippen LogP contribution in [0.4, 0.5) is 5.69 Å². The lowest BCUT2D eigenvalue weighted by molar-refractivity contribution is 0.604. The van der Waals surface area contributed by atoms with Crippen LogP contribution in [0, 0.1) is 0 Å².